The molecular weight excluding hydrogens is 648 g/mol. The molecule has 8 aliphatic rings. The van der Waals surface area contributed by atoms with Gasteiger partial charge in [-0.15, -0.1) is 0 Å². The minimum absolute atomic E-state index is 0.143. The van der Waals surface area contributed by atoms with Crippen LogP contribution in [0.1, 0.15) is 86.0 Å². The number of ether oxygens (including phenoxy) is 6. The van der Waals surface area contributed by atoms with Crippen molar-refractivity contribution >= 4 is 0 Å². The second-order valence-electron chi connectivity index (χ2n) is 17.9. The van der Waals surface area contributed by atoms with E-state index in [0.29, 0.717) is 48.3 Å². The highest BCUT2D eigenvalue weighted by Crippen LogP contribution is 2.71. The maximum absolute atomic E-state index is 11.5. The zero-order valence-corrected chi connectivity index (χ0v) is 30.2. The van der Waals surface area contributed by atoms with Gasteiger partial charge in [0.15, 0.2) is 18.4 Å². The van der Waals surface area contributed by atoms with Crippen molar-refractivity contribution in [3.05, 3.63) is 11.6 Å². The van der Waals surface area contributed by atoms with Crippen LogP contribution in [0.3, 0.4) is 0 Å². The van der Waals surface area contributed by atoms with E-state index in [2.05, 4.69) is 33.8 Å². The van der Waals surface area contributed by atoms with E-state index in [4.69, 9.17) is 28.4 Å². The van der Waals surface area contributed by atoms with Gasteiger partial charge in [-0.2, -0.15) is 0 Å². The molecule has 21 atom stereocenters. The second-order valence-corrected chi connectivity index (χ2v) is 17.9. The molecule has 6 N–H and O–H groups in total. The maximum atomic E-state index is 11.5. The van der Waals surface area contributed by atoms with Gasteiger partial charge in [0.2, 0.25) is 0 Å². The summed E-state index contributed by atoms with van der Waals surface area (Å²) in [4.78, 5) is 0. The van der Waals surface area contributed by atoms with E-state index in [0.717, 1.165) is 45.1 Å². The molecule has 0 amide bonds. The topological polar surface area (TPSA) is 177 Å². The van der Waals surface area contributed by atoms with Gasteiger partial charge in [0.25, 0.3) is 0 Å². The van der Waals surface area contributed by atoms with Crippen LogP contribution in [0.4, 0.5) is 0 Å². The van der Waals surface area contributed by atoms with E-state index >= 15 is 0 Å². The lowest BCUT2D eigenvalue weighted by atomic mass is 9.46. The van der Waals surface area contributed by atoms with Crippen molar-refractivity contribution in [2.24, 2.45) is 46.3 Å². The van der Waals surface area contributed by atoms with Crippen LogP contribution >= 0.6 is 0 Å². The third-order valence-electron chi connectivity index (χ3n) is 15.2. The first kappa shape index (κ1) is 36.2. The molecule has 12 nitrogen and oxygen atoms in total. The van der Waals surface area contributed by atoms with Crippen molar-refractivity contribution in [1.82, 2.24) is 0 Å². The maximum Gasteiger partial charge on any atom is 0.187 e. The van der Waals surface area contributed by atoms with Crippen LogP contribution < -0.4 is 0 Å². The van der Waals surface area contributed by atoms with Crippen molar-refractivity contribution < 1.29 is 59.1 Å². The fourth-order valence-corrected chi connectivity index (χ4v) is 12.4. The Labute approximate surface area is 295 Å². The first-order valence-electron chi connectivity index (χ1n) is 19.4. The third kappa shape index (κ3) is 5.45. The van der Waals surface area contributed by atoms with Crippen molar-refractivity contribution in [3.8, 4) is 0 Å². The van der Waals surface area contributed by atoms with Crippen LogP contribution in [0, 0.1) is 46.3 Å². The summed E-state index contributed by atoms with van der Waals surface area (Å²) in [5.41, 5.74) is 0.950. The molecule has 3 saturated carbocycles. The van der Waals surface area contributed by atoms with Crippen molar-refractivity contribution in [2.75, 3.05) is 13.2 Å². The molecular formula is C38H60O12. The van der Waals surface area contributed by atoms with E-state index < -0.39 is 78.7 Å². The Morgan fingerprint density at radius 1 is 0.820 bits per heavy atom. The highest BCUT2D eigenvalue weighted by atomic mass is 16.7. The van der Waals surface area contributed by atoms with Crippen LogP contribution in [-0.4, -0.2) is 123 Å². The summed E-state index contributed by atoms with van der Waals surface area (Å²) in [6.07, 6.45) is -3.11. The number of aliphatic hydroxyl groups excluding tert-OH is 6. The molecule has 1 spiro atoms. The van der Waals surface area contributed by atoms with Crippen LogP contribution in [0.2, 0.25) is 0 Å². The number of fused-ring (bicyclic) bond motifs is 7. The molecule has 0 aromatic rings. The Kier molecular flexibility index (Phi) is 9.38. The molecule has 4 aliphatic heterocycles. The third-order valence-corrected chi connectivity index (χ3v) is 15.2. The lowest BCUT2D eigenvalue weighted by molar-refractivity contribution is -0.352. The molecule has 50 heavy (non-hydrogen) atoms. The highest BCUT2D eigenvalue weighted by Gasteiger charge is 2.69. The smallest absolute Gasteiger partial charge is 0.187 e. The average Bonchev–Trinajstić information content (AvgIpc) is 3.53. The van der Waals surface area contributed by atoms with E-state index in [1.165, 1.54) is 12.5 Å². The largest absolute Gasteiger partial charge is 0.393 e. The number of hydrogen-bond acceptors (Lipinski definition) is 12. The van der Waals surface area contributed by atoms with Crippen LogP contribution in [-0.2, 0) is 28.4 Å². The Morgan fingerprint density at radius 3 is 2.34 bits per heavy atom. The van der Waals surface area contributed by atoms with Gasteiger partial charge in [0.1, 0.15) is 36.6 Å². The van der Waals surface area contributed by atoms with Gasteiger partial charge in [0, 0.05) is 24.2 Å². The first-order chi connectivity index (χ1) is 23.7. The lowest BCUT2D eigenvalue weighted by Gasteiger charge is -2.60. The van der Waals surface area contributed by atoms with Gasteiger partial charge in [-0.25, -0.2) is 0 Å². The Balaban J connectivity index is 1.01. The van der Waals surface area contributed by atoms with E-state index in [-0.39, 0.29) is 18.1 Å². The monoisotopic (exact) mass is 708 g/mol. The summed E-state index contributed by atoms with van der Waals surface area (Å²) in [5, 5.41) is 64.4. The average molecular weight is 709 g/mol. The SMILES string of the molecule is C[C@@H]1CC[C@@]2(OC1)O[C@H]1C[C@H]3[C@@H]4CC=C5C[C@@H](O)C[C@@H](O[C@@H]6OC[C@@H](O)[C@H](O[C@@H]7O[C@@H](C)[C@H](O)[C@@H](O)[C@H]7O)[C@H]6O)[C@]5(C)[C@H]4CC[C@]3(C)[C@H]1[C@@H]2C. The fraction of sp³-hybridized carbons (Fsp3) is 0.947. The normalized spacial score (nSPS) is 59.3. The molecule has 284 valence electrons. The van der Waals surface area contributed by atoms with Gasteiger partial charge in [-0.1, -0.05) is 39.3 Å². The molecule has 4 heterocycles. The molecule has 0 aromatic carbocycles. The van der Waals surface area contributed by atoms with Gasteiger partial charge in [-0.3, -0.25) is 0 Å². The van der Waals surface area contributed by atoms with Crippen molar-refractivity contribution in [3.63, 3.8) is 0 Å². The van der Waals surface area contributed by atoms with Gasteiger partial charge in [0.05, 0.1) is 37.6 Å². The second kappa shape index (κ2) is 12.9. The summed E-state index contributed by atoms with van der Waals surface area (Å²) in [6.45, 7) is 11.5. The predicted molar refractivity (Wildman–Crippen MR) is 177 cm³/mol. The van der Waals surface area contributed by atoms with Crippen molar-refractivity contribution in [2.45, 2.75) is 165 Å². The van der Waals surface area contributed by atoms with Crippen molar-refractivity contribution in [1.29, 1.82) is 0 Å². The van der Waals surface area contributed by atoms with Gasteiger partial charge < -0.3 is 59.1 Å². The molecule has 4 saturated heterocycles. The minimum Gasteiger partial charge on any atom is -0.393 e. The summed E-state index contributed by atoms with van der Waals surface area (Å²) in [7, 11) is 0. The molecule has 12 heteroatoms. The van der Waals surface area contributed by atoms with Gasteiger partial charge in [-0.05, 0) is 80.5 Å². The molecule has 0 radical (unpaired) electrons. The fourth-order valence-electron chi connectivity index (χ4n) is 12.4. The number of allylic oxidation sites excluding steroid dienone is 1. The summed E-state index contributed by atoms with van der Waals surface area (Å²) >= 11 is 0. The van der Waals surface area contributed by atoms with Crippen LogP contribution in [0.15, 0.2) is 11.6 Å². The zero-order valence-electron chi connectivity index (χ0n) is 30.2. The van der Waals surface area contributed by atoms with E-state index in [1.807, 2.05) is 0 Å². The van der Waals surface area contributed by atoms with E-state index in [9.17, 15) is 30.6 Å². The molecule has 7 fully saturated rings. The number of aliphatic hydroxyl groups is 6. The van der Waals surface area contributed by atoms with Gasteiger partial charge >= 0.3 is 0 Å². The highest BCUT2D eigenvalue weighted by molar-refractivity contribution is 5.28. The summed E-state index contributed by atoms with van der Waals surface area (Å²) < 4.78 is 37.6. The van der Waals surface area contributed by atoms with Crippen LogP contribution in [0.5, 0.6) is 0 Å². The molecule has 4 aliphatic carbocycles. The Morgan fingerprint density at radius 2 is 1.60 bits per heavy atom. The molecule has 0 unspecified atom stereocenters. The number of hydrogen-bond donors (Lipinski definition) is 6. The summed E-state index contributed by atoms with van der Waals surface area (Å²) in [6, 6.07) is 0. The molecule has 0 aromatic heterocycles. The molecule has 0 bridgehead atoms. The Hall–Kier alpha value is -0.740. The quantitative estimate of drug-likeness (QED) is 0.235. The minimum atomic E-state index is -1.59. The predicted octanol–water partition coefficient (Wildman–Crippen LogP) is 2.00. The standard InChI is InChI=1S/C38H60O12/c1-17-8-11-38(46-15-17)18(2)28-26(50-38)14-24-22-7-6-20-12-21(39)13-27(37(20,5)23(22)9-10-36(24,28)4)48-34-32(44)33(25(40)16-45-34)49-35-31(43)30(42)29(41)19(3)47-35/h6,17-19,21-35,39-44H,7-16H2,1-5H3/t17-,18+,19+,21-,22-,23+,24+,25-,26+,27-,28+,29+,30-,31-,32-,33+,34+,35+,36+,37+,38-/m1/s1. The summed E-state index contributed by atoms with van der Waals surface area (Å²) in [5.74, 6) is 2.14. The number of rotatable bonds is 4. The van der Waals surface area contributed by atoms with Crippen LogP contribution in [0.25, 0.3) is 0 Å². The zero-order chi connectivity index (χ0) is 35.5. The van der Waals surface area contributed by atoms with E-state index in [1.54, 1.807) is 0 Å². The molecule has 8 rings (SSSR count). The Bertz CT molecular complexity index is 1290. The lowest BCUT2D eigenvalue weighted by Crippen LogP contribution is -2.63. The first-order valence-corrected chi connectivity index (χ1v) is 19.4.